The summed E-state index contributed by atoms with van der Waals surface area (Å²) >= 11 is 4.71. The fourth-order valence-electron chi connectivity index (χ4n) is 2.05. The standard InChI is InChI=1S/C17H11BrF2OS/c18-16-7-6-12(13-8-9-22-11-13)10-15(16)17(19,20)21-14-4-2-1-3-5-14/h1-11H. The summed E-state index contributed by atoms with van der Waals surface area (Å²) in [6, 6.07) is 14.8. The molecule has 112 valence electrons. The van der Waals surface area contributed by atoms with Gasteiger partial charge in [0.05, 0.1) is 5.56 Å². The molecular weight excluding hydrogens is 370 g/mol. The van der Waals surface area contributed by atoms with Gasteiger partial charge < -0.3 is 4.74 Å². The van der Waals surface area contributed by atoms with Gasteiger partial charge in [0.15, 0.2) is 0 Å². The Morgan fingerprint density at radius 3 is 2.41 bits per heavy atom. The third-order valence-electron chi connectivity index (χ3n) is 3.12. The second kappa shape index (κ2) is 6.18. The Labute approximate surface area is 139 Å². The molecular formula is C17H11BrF2OS. The van der Waals surface area contributed by atoms with E-state index in [1.807, 2.05) is 16.8 Å². The van der Waals surface area contributed by atoms with Crippen molar-refractivity contribution in [3.05, 3.63) is 75.4 Å². The molecule has 1 heterocycles. The predicted molar refractivity (Wildman–Crippen MR) is 88.4 cm³/mol. The van der Waals surface area contributed by atoms with Crippen LogP contribution in [-0.4, -0.2) is 0 Å². The SMILES string of the molecule is FC(F)(Oc1ccccc1)c1cc(-c2ccsc2)ccc1Br. The maximum atomic E-state index is 14.5. The van der Waals surface area contributed by atoms with Gasteiger partial charge in [0.25, 0.3) is 0 Å². The van der Waals surface area contributed by atoms with Crippen molar-refractivity contribution in [3.8, 4) is 16.9 Å². The summed E-state index contributed by atoms with van der Waals surface area (Å²) in [5.41, 5.74) is 1.45. The van der Waals surface area contributed by atoms with Gasteiger partial charge in [-0.2, -0.15) is 20.1 Å². The van der Waals surface area contributed by atoms with Gasteiger partial charge in [-0.25, -0.2) is 0 Å². The first-order chi connectivity index (χ1) is 10.6. The van der Waals surface area contributed by atoms with Crippen LogP contribution < -0.4 is 4.74 Å². The van der Waals surface area contributed by atoms with E-state index in [-0.39, 0.29) is 11.3 Å². The molecule has 0 aliphatic rings. The molecule has 0 N–H and O–H groups in total. The van der Waals surface area contributed by atoms with Crippen molar-refractivity contribution in [1.82, 2.24) is 0 Å². The van der Waals surface area contributed by atoms with Crippen LogP contribution in [0, 0.1) is 0 Å². The fraction of sp³-hybridized carbons (Fsp3) is 0.0588. The third-order valence-corrected chi connectivity index (χ3v) is 4.50. The zero-order valence-corrected chi connectivity index (χ0v) is 13.7. The average Bonchev–Trinajstić information content (AvgIpc) is 3.02. The maximum absolute atomic E-state index is 14.5. The second-order valence-electron chi connectivity index (χ2n) is 4.64. The Kier molecular flexibility index (Phi) is 4.27. The van der Waals surface area contributed by atoms with Gasteiger partial charge in [-0.15, -0.1) is 0 Å². The third kappa shape index (κ3) is 3.20. The highest BCUT2D eigenvalue weighted by atomic mass is 79.9. The fourth-order valence-corrected chi connectivity index (χ4v) is 3.19. The van der Waals surface area contributed by atoms with E-state index in [1.54, 1.807) is 30.3 Å². The first-order valence-corrected chi connectivity index (χ1v) is 8.24. The Hall–Kier alpha value is -1.72. The smallest absolute Gasteiger partial charge is 0.427 e. The van der Waals surface area contributed by atoms with Crippen LogP contribution >= 0.6 is 27.3 Å². The van der Waals surface area contributed by atoms with Crippen molar-refractivity contribution in [1.29, 1.82) is 0 Å². The molecule has 5 heteroatoms. The monoisotopic (exact) mass is 380 g/mol. The number of ether oxygens (including phenoxy) is 1. The minimum Gasteiger partial charge on any atom is -0.429 e. The van der Waals surface area contributed by atoms with Gasteiger partial charge in [0, 0.05) is 4.47 Å². The summed E-state index contributed by atoms with van der Waals surface area (Å²) in [6.45, 7) is 0. The molecule has 0 aliphatic carbocycles. The molecule has 0 amide bonds. The lowest BCUT2D eigenvalue weighted by Crippen LogP contribution is -2.22. The summed E-state index contributed by atoms with van der Waals surface area (Å²) < 4.78 is 34.1. The summed E-state index contributed by atoms with van der Waals surface area (Å²) in [6.07, 6.45) is -3.42. The first-order valence-electron chi connectivity index (χ1n) is 6.51. The molecule has 0 spiro atoms. The van der Waals surface area contributed by atoms with Crippen LogP contribution in [0.15, 0.2) is 69.8 Å². The van der Waals surface area contributed by atoms with E-state index in [0.29, 0.717) is 4.47 Å². The van der Waals surface area contributed by atoms with Crippen molar-refractivity contribution in [2.75, 3.05) is 0 Å². The quantitative estimate of drug-likeness (QED) is 0.515. The minimum atomic E-state index is -3.42. The van der Waals surface area contributed by atoms with E-state index >= 15 is 0 Å². The Balaban J connectivity index is 1.97. The number of halogens is 3. The number of hydrogen-bond acceptors (Lipinski definition) is 2. The molecule has 0 unspecified atom stereocenters. The molecule has 0 saturated carbocycles. The van der Waals surface area contributed by atoms with Crippen LogP contribution in [0.2, 0.25) is 0 Å². The number of hydrogen-bond donors (Lipinski definition) is 0. The molecule has 3 aromatic rings. The van der Waals surface area contributed by atoms with Crippen molar-refractivity contribution in [2.24, 2.45) is 0 Å². The molecule has 2 aromatic carbocycles. The summed E-state index contributed by atoms with van der Waals surface area (Å²) in [7, 11) is 0. The maximum Gasteiger partial charge on any atom is 0.427 e. The summed E-state index contributed by atoms with van der Waals surface area (Å²) in [4.78, 5) is 0. The van der Waals surface area contributed by atoms with Crippen molar-refractivity contribution < 1.29 is 13.5 Å². The van der Waals surface area contributed by atoms with Crippen LogP contribution in [0.1, 0.15) is 5.56 Å². The van der Waals surface area contributed by atoms with Gasteiger partial charge in [-0.1, -0.05) is 40.2 Å². The minimum absolute atomic E-state index is 0.125. The number of thiophene rings is 1. The number of rotatable bonds is 4. The highest BCUT2D eigenvalue weighted by molar-refractivity contribution is 9.10. The van der Waals surface area contributed by atoms with E-state index < -0.39 is 6.11 Å². The van der Waals surface area contributed by atoms with Crippen LogP contribution in [0.4, 0.5) is 8.78 Å². The van der Waals surface area contributed by atoms with Crippen molar-refractivity contribution in [3.63, 3.8) is 0 Å². The molecule has 0 fully saturated rings. The van der Waals surface area contributed by atoms with E-state index in [1.165, 1.54) is 29.5 Å². The number of benzene rings is 2. The molecule has 22 heavy (non-hydrogen) atoms. The lowest BCUT2D eigenvalue weighted by Gasteiger charge is -2.20. The Morgan fingerprint density at radius 2 is 1.73 bits per heavy atom. The van der Waals surface area contributed by atoms with Crippen molar-refractivity contribution >= 4 is 27.3 Å². The van der Waals surface area contributed by atoms with E-state index in [4.69, 9.17) is 4.74 Å². The summed E-state index contributed by atoms with van der Waals surface area (Å²) in [5.74, 6) is 0.125. The van der Waals surface area contributed by atoms with E-state index in [2.05, 4.69) is 15.9 Å². The Morgan fingerprint density at radius 1 is 0.955 bits per heavy atom. The van der Waals surface area contributed by atoms with Crippen LogP contribution in [0.3, 0.4) is 0 Å². The normalized spacial score (nSPS) is 11.4. The molecule has 0 bridgehead atoms. The zero-order chi connectivity index (χ0) is 15.6. The Bertz CT molecular complexity index is 758. The molecule has 0 atom stereocenters. The van der Waals surface area contributed by atoms with E-state index in [0.717, 1.165) is 11.1 Å². The zero-order valence-electron chi connectivity index (χ0n) is 11.3. The highest BCUT2D eigenvalue weighted by Gasteiger charge is 2.37. The molecule has 0 aliphatic heterocycles. The highest BCUT2D eigenvalue weighted by Crippen LogP contribution is 2.38. The van der Waals surface area contributed by atoms with Gasteiger partial charge in [0.2, 0.25) is 0 Å². The largest absolute Gasteiger partial charge is 0.429 e. The van der Waals surface area contributed by atoms with E-state index in [9.17, 15) is 8.78 Å². The van der Waals surface area contributed by atoms with Crippen LogP contribution in [0.5, 0.6) is 5.75 Å². The van der Waals surface area contributed by atoms with Gasteiger partial charge >= 0.3 is 6.11 Å². The van der Waals surface area contributed by atoms with Gasteiger partial charge in [-0.05, 0) is 52.2 Å². The predicted octanol–water partition coefficient (Wildman–Crippen LogP) is 6.31. The van der Waals surface area contributed by atoms with Gasteiger partial charge in [0.1, 0.15) is 5.75 Å². The number of para-hydroxylation sites is 1. The average molecular weight is 381 g/mol. The van der Waals surface area contributed by atoms with Crippen LogP contribution in [0.25, 0.3) is 11.1 Å². The number of alkyl halides is 2. The second-order valence-corrected chi connectivity index (χ2v) is 6.27. The molecule has 1 nitrogen and oxygen atoms in total. The van der Waals surface area contributed by atoms with Crippen molar-refractivity contribution in [2.45, 2.75) is 6.11 Å². The molecule has 1 aromatic heterocycles. The summed E-state index contributed by atoms with van der Waals surface area (Å²) in [5, 5.41) is 3.83. The first kappa shape index (κ1) is 15.2. The molecule has 0 radical (unpaired) electrons. The van der Waals surface area contributed by atoms with Gasteiger partial charge in [-0.3, -0.25) is 0 Å². The van der Waals surface area contributed by atoms with Crippen LogP contribution in [-0.2, 0) is 6.11 Å². The topological polar surface area (TPSA) is 9.23 Å². The molecule has 0 saturated heterocycles. The lowest BCUT2D eigenvalue weighted by molar-refractivity contribution is -0.186. The lowest BCUT2D eigenvalue weighted by atomic mass is 10.1. The molecule has 3 rings (SSSR count).